The van der Waals surface area contributed by atoms with E-state index in [2.05, 4.69) is 27.7 Å². The number of halogens is 1. The number of nitrogens with zero attached hydrogens (tertiary/aromatic N) is 2. The van der Waals surface area contributed by atoms with Crippen LogP contribution in [-0.4, -0.2) is 14.9 Å². The monoisotopic (exact) mass is 330 g/mol. The molecule has 0 saturated carbocycles. The molecule has 0 aliphatic carbocycles. The molecule has 0 saturated heterocycles. The highest BCUT2D eigenvalue weighted by atomic mass is 127. The molecule has 0 aliphatic rings. The summed E-state index contributed by atoms with van der Waals surface area (Å²) in [5, 5.41) is 13.3. The van der Waals surface area contributed by atoms with Gasteiger partial charge in [0.05, 0.1) is 3.57 Å². The van der Waals surface area contributed by atoms with Gasteiger partial charge in [0.1, 0.15) is 12.4 Å². The zero-order chi connectivity index (χ0) is 11.5. The van der Waals surface area contributed by atoms with E-state index in [1.54, 1.807) is 16.8 Å². The Bertz CT molecular complexity index is 479. The number of aromatic nitrogens is 2. The summed E-state index contributed by atoms with van der Waals surface area (Å²) >= 11 is 2.18. The fourth-order valence-corrected chi connectivity index (χ4v) is 1.95. The summed E-state index contributed by atoms with van der Waals surface area (Å²) in [5.41, 5.74) is 0.999. The Morgan fingerprint density at radius 2 is 2.06 bits per heavy atom. The van der Waals surface area contributed by atoms with Crippen LogP contribution in [0.4, 0.5) is 0 Å². The third-order valence-corrected chi connectivity index (χ3v) is 2.80. The molecule has 0 spiro atoms. The van der Waals surface area contributed by atoms with Crippen LogP contribution in [0.25, 0.3) is 0 Å². The van der Waals surface area contributed by atoms with Crippen LogP contribution < -0.4 is 4.74 Å². The lowest BCUT2D eigenvalue weighted by atomic mass is 10.2. The van der Waals surface area contributed by atoms with Crippen LogP contribution in [0, 0.1) is 3.57 Å². The first-order valence-corrected chi connectivity index (χ1v) is 5.83. The molecule has 0 bridgehead atoms. The summed E-state index contributed by atoms with van der Waals surface area (Å²) in [7, 11) is 1.86. The molecule has 5 heteroatoms. The van der Waals surface area contributed by atoms with Crippen molar-refractivity contribution in [2.75, 3.05) is 0 Å². The SMILES string of the molecule is Cn1cc(I)c(OCc2ccc(O)cc2)n1. The van der Waals surface area contributed by atoms with Gasteiger partial charge in [-0.2, -0.15) is 0 Å². The maximum absolute atomic E-state index is 9.13. The van der Waals surface area contributed by atoms with Crippen molar-refractivity contribution in [2.24, 2.45) is 7.05 Å². The van der Waals surface area contributed by atoms with Crippen LogP contribution in [0.3, 0.4) is 0 Å². The maximum Gasteiger partial charge on any atom is 0.246 e. The summed E-state index contributed by atoms with van der Waals surface area (Å²) in [6.07, 6.45) is 1.90. The van der Waals surface area contributed by atoms with E-state index in [4.69, 9.17) is 9.84 Å². The van der Waals surface area contributed by atoms with Crippen molar-refractivity contribution < 1.29 is 9.84 Å². The molecule has 0 unspecified atom stereocenters. The second-order valence-corrected chi connectivity index (χ2v) is 4.57. The minimum atomic E-state index is 0.260. The summed E-state index contributed by atoms with van der Waals surface area (Å²) in [6, 6.07) is 6.93. The molecule has 1 heterocycles. The number of ether oxygens (including phenoxy) is 1. The van der Waals surface area contributed by atoms with Gasteiger partial charge in [-0.1, -0.05) is 12.1 Å². The maximum atomic E-state index is 9.13. The lowest BCUT2D eigenvalue weighted by molar-refractivity contribution is 0.288. The number of aromatic hydroxyl groups is 1. The molecular formula is C11H11IN2O2. The molecule has 0 amide bonds. The summed E-state index contributed by atoms with van der Waals surface area (Å²) in [6.45, 7) is 0.452. The van der Waals surface area contributed by atoms with Gasteiger partial charge in [0.15, 0.2) is 0 Å². The zero-order valence-corrected chi connectivity index (χ0v) is 10.9. The topological polar surface area (TPSA) is 47.3 Å². The first kappa shape index (κ1) is 11.3. The molecule has 16 heavy (non-hydrogen) atoms. The summed E-state index contributed by atoms with van der Waals surface area (Å²) < 4.78 is 8.26. The third-order valence-electron chi connectivity index (χ3n) is 2.06. The minimum Gasteiger partial charge on any atom is -0.508 e. The fraction of sp³-hybridized carbons (Fsp3) is 0.182. The quantitative estimate of drug-likeness (QED) is 0.879. The molecule has 0 radical (unpaired) electrons. The molecule has 2 rings (SSSR count). The van der Waals surface area contributed by atoms with Gasteiger partial charge < -0.3 is 9.84 Å². The van der Waals surface area contributed by atoms with E-state index in [0.29, 0.717) is 12.5 Å². The van der Waals surface area contributed by atoms with E-state index >= 15 is 0 Å². The molecule has 0 aliphatic heterocycles. The van der Waals surface area contributed by atoms with Gasteiger partial charge >= 0.3 is 0 Å². The predicted molar refractivity (Wildman–Crippen MR) is 68.4 cm³/mol. The zero-order valence-electron chi connectivity index (χ0n) is 8.72. The highest BCUT2D eigenvalue weighted by Crippen LogP contribution is 2.19. The van der Waals surface area contributed by atoms with Crippen molar-refractivity contribution in [3.05, 3.63) is 39.6 Å². The van der Waals surface area contributed by atoms with Crippen molar-refractivity contribution in [3.8, 4) is 11.6 Å². The van der Waals surface area contributed by atoms with Crippen LogP contribution in [0.1, 0.15) is 5.56 Å². The molecule has 1 aromatic carbocycles. The second kappa shape index (κ2) is 4.73. The van der Waals surface area contributed by atoms with Crippen LogP contribution in [0.2, 0.25) is 0 Å². The summed E-state index contributed by atoms with van der Waals surface area (Å²) in [4.78, 5) is 0. The lowest BCUT2D eigenvalue weighted by Crippen LogP contribution is -1.97. The normalized spacial score (nSPS) is 10.4. The largest absolute Gasteiger partial charge is 0.508 e. The van der Waals surface area contributed by atoms with Crippen LogP contribution in [0.5, 0.6) is 11.6 Å². The number of hydrogen-bond acceptors (Lipinski definition) is 3. The Kier molecular flexibility index (Phi) is 3.33. The molecule has 2 aromatic rings. The van der Waals surface area contributed by atoms with Crippen molar-refractivity contribution >= 4 is 22.6 Å². The Morgan fingerprint density at radius 1 is 1.38 bits per heavy atom. The number of hydrogen-bond donors (Lipinski definition) is 1. The Balaban J connectivity index is 2.02. The minimum absolute atomic E-state index is 0.260. The lowest BCUT2D eigenvalue weighted by Gasteiger charge is -2.03. The number of phenolic OH excluding ortho intramolecular Hbond substituents is 1. The predicted octanol–water partition coefficient (Wildman–Crippen LogP) is 2.31. The van der Waals surface area contributed by atoms with Crippen molar-refractivity contribution in [2.45, 2.75) is 6.61 Å². The Hall–Kier alpha value is -1.24. The second-order valence-electron chi connectivity index (χ2n) is 3.41. The number of rotatable bonds is 3. The number of aryl methyl sites for hydroxylation is 1. The van der Waals surface area contributed by atoms with Gasteiger partial charge in [0, 0.05) is 13.2 Å². The smallest absolute Gasteiger partial charge is 0.246 e. The van der Waals surface area contributed by atoms with Gasteiger partial charge in [-0.25, -0.2) is 0 Å². The molecule has 0 fully saturated rings. The van der Waals surface area contributed by atoms with Crippen LogP contribution in [-0.2, 0) is 13.7 Å². The average Bonchev–Trinajstić information content (AvgIpc) is 2.57. The van der Waals surface area contributed by atoms with E-state index in [1.165, 1.54) is 0 Å². The van der Waals surface area contributed by atoms with E-state index in [-0.39, 0.29) is 5.75 Å². The van der Waals surface area contributed by atoms with Gasteiger partial charge in [-0.15, -0.1) is 5.10 Å². The van der Waals surface area contributed by atoms with Gasteiger partial charge in [0.25, 0.3) is 0 Å². The molecule has 1 N–H and O–H groups in total. The van der Waals surface area contributed by atoms with Gasteiger partial charge in [-0.05, 0) is 40.3 Å². The summed E-state index contributed by atoms with van der Waals surface area (Å²) in [5.74, 6) is 0.896. The van der Waals surface area contributed by atoms with E-state index in [1.807, 2.05) is 25.4 Å². The Labute approximate surface area is 107 Å². The molecule has 0 atom stereocenters. The molecule has 1 aromatic heterocycles. The highest BCUT2D eigenvalue weighted by molar-refractivity contribution is 14.1. The first-order chi connectivity index (χ1) is 7.65. The van der Waals surface area contributed by atoms with Crippen molar-refractivity contribution in [1.29, 1.82) is 0 Å². The molecule has 84 valence electrons. The van der Waals surface area contributed by atoms with Crippen molar-refractivity contribution in [1.82, 2.24) is 9.78 Å². The van der Waals surface area contributed by atoms with E-state index < -0.39 is 0 Å². The van der Waals surface area contributed by atoms with Crippen LogP contribution >= 0.6 is 22.6 Å². The van der Waals surface area contributed by atoms with E-state index in [0.717, 1.165) is 9.13 Å². The van der Waals surface area contributed by atoms with E-state index in [9.17, 15) is 0 Å². The first-order valence-electron chi connectivity index (χ1n) is 4.75. The van der Waals surface area contributed by atoms with Gasteiger partial charge in [0.2, 0.25) is 5.88 Å². The standard InChI is InChI=1S/C11H11IN2O2/c1-14-6-10(12)11(13-14)16-7-8-2-4-9(15)5-3-8/h2-6,15H,7H2,1H3. The number of phenols is 1. The number of benzene rings is 1. The van der Waals surface area contributed by atoms with Crippen LogP contribution in [0.15, 0.2) is 30.5 Å². The highest BCUT2D eigenvalue weighted by Gasteiger charge is 2.05. The fourth-order valence-electron chi connectivity index (χ4n) is 1.28. The van der Waals surface area contributed by atoms with Gasteiger partial charge in [-0.3, -0.25) is 4.68 Å². The average molecular weight is 330 g/mol. The van der Waals surface area contributed by atoms with Crippen molar-refractivity contribution in [3.63, 3.8) is 0 Å². The molecule has 4 nitrogen and oxygen atoms in total. The third kappa shape index (κ3) is 2.66. The Morgan fingerprint density at radius 3 is 2.62 bits per heavy atom. The molecular weight excluding hydrogens is 319 g/mol.